The first kappa shape index (κ1) is 13.2. The lowest BCUT2D eigenvalue weighted by Gasteiger charge is -2.41. The molecule has 0 amide bonds. The van der Waals surface area contributed by atoms with Gasteiger partial charge in [0.25, 0.3) is 0 Å². The second-order valence-corrected chi connectivity index (χ2v) is 4.34. The number of hydrogen-bond acceptors (Lipinski definition) is 3. The molecule has 2 saturated heterocycles. The van der Waals surface area contributed by atoms with Gasteiger partial charge < -0.3 is 10.1 Å². The van der Waals surface area contributed by atoms with Gasteiger partial charge in [0.1, 0.15) is 0 Å². The van der Waals surface area contributed by atoms with Crippen LogP contribution in [0.15, 0.2) is 0 Å². The van der Waals surface area contributed by atoms with Crippen LogP contribution in [0.2, 0.25) is 0 Å². The highest BCUT2D eigenvalue weighted by Crippen LogP contribution is 2.22. The molecule has 0 bridgehead atoms. The number of morpholine rings is 1. The summed E-state index contributed by atoms with van der Waals surface area (Å²) in [5.74, 6) is 0. The highest BCUT2D eigenvalue weighted by molar-refractivity contribution is 5.85. The van der Waals surface area contributed by atoms with Crippen molar-refractivity contribution in [3.05, 3.63) is 0 Å². The highest BCUT2D eigenvalue weighted by atomic mass is 35.5. The van der Waals surface area contributed by atoms with E-state index in [1.54, 1.807) is 0 Å². The molecule has 3 nitrogen and oxygen atoms in total. The molecule has 0 aromatic carbocycles. The van der Waals surface area contributed by atoms with E-state index in [1.807, 2.05) is 0 Å². The fourth-order valence-electron chi connectivity index (χ4n) is 2.83. The van der Waals surface area contributed by atoms with E-state index in [-0.39, 0.29) is 12.4 Å². The van der Waals surface area contributed by atoms with E-state index in [4.69, 9.17) is 4.74 Å². The maximum atomic E-state index is 5.77. The Morgan fingerprint density at radius 3 is 2.73 bits per heavy atom. The van der Waals surface area contributed by atoms with Crippen LogP contribution in [-0.4, -0.2) is 49.3 Å². The SMILES string of the molecule is CCC(CC)N1CCOC2CNCC21.Cl. The van der Waals surface area contributed by atoms with Crippen molar-refractivity contribution in [2.75, 3.05) is 26.2 Å². The molecule has 2 heterocycles. The van der Waals surface area contributed by atoms with Crippen LogP contribution in [0.5, 0.6) is 0 Å². The van der Waals surface area contributed by atoms with Gasteiger partial charge in [-0.3, -0.25) is 4.90 Å². The molecule has 0 spiro atoms. The predicted octanol–water partition coefficient (Wildman–Crippen LogP) is 1.27. The number of halogens is 1. The molecule has 90 valence electrons. The van der Waals surface area contributed by atoms with Crippen LogP contribution < -0.4 is 5.32 Å². The van der Waals surface area contributed by atoms with Crippen molar-refractivity contribution in [2.45, 2.75) is 44.9 Å². The maximum Gasteiger partial charge on any atom is 0.0867 e. The number of fused-ring (bicyclic) bond motifs is 1. The zero-order valence-corrected chi connectivity index (χ0v) is 10.6. The second kappa shape index (κ2) is 6.04. The van der Waals surface area contributed by atoms with Crippen molar-refractivity contribution in [1.82, 2.24) is 10.2 Å². The van der Waals surface area contributed by atoms with Crippen LogP contribution in [0, 0.1) is 0 Å². The van der Waals surface area contributed by atoms with Crippen LogP contribution in [0.3, 0.4) is 0 Å². The summed E-state index contributed by atoms with van der Waals surface area (Å²) in [4.78, 5) is 2.66. The largest absolute Gasteiger partial charge is 0.374 e. The van der Waals surface area contributed by atoms with Gasteiger partial charge in [-0.15, -0.1) is 12.4 Å². The Hall–Kier alpha value is 0.170. The third kappa shape index (κ3) is 2.64. The average Bonchev–Trinajstić information content (AvgIpc) is 2.68. The standard InChI is InChI=1S/C11H22N2O.ClH/c1-3-9(4-2)13-5-6-14-11-8-12-7-10(11)13;/h9-12H,3-8H2,1-2H3;1H. The van der Waals surface area contributed by atoms with Crippen molar-refractivity contribution in [2.24, 2.45) is 0 Å². The van der Waals surface area contributed by atoms with Crippen LogP contribution in [0.25, 0.3) is 0 Å². The Kier molecular flexibility index (Phi) is 5.33. The minimum atomic E-state index is 0. The smallest absolute Gasteiger partial charge is 0.0867 e. The Labute approximate surface area is 99.0 Å². The van der Waals surface area contributed by atoms with E-state index in [0.717, 1.165) is 32.3 Å². The van der Waals surface area contributed by atoms with E-state index in [2.05, 4.69) is 24.1 Å². The first-order chi connectivity index (χ1) is 6.86. The van der Waals surface area contributed by atoms with Crippen LogP contribution in [-0.2, 0) is 4.74 Å². The van der Waals surface area contributed by atoms with Crippen molar-refractivity contribution in [3.8, 4) is 0 Å². The van der Waals surface area contributed by atoms with Gasteiger partial charge >= 0.3 is 0 Å². The van der Waals surface area contributed by atoms with Gasteiger partial charge in [-0.2, -0.15) is 0 Å². The van der Waals surface area contributed by atoms with Crippen LogP contribution in [0.4, 0.5) is 0 Å². The Morgan fingerprint density at radius 1 is 1.33 bits per heavy atom. The number of ether oxygens (including phenoxy) is 1. The first-order valence-corrected chi connectivity index (χ1v) is 5.94. The third-order valence-corrected chi connectivity index (χ3v) is 3.65. The molecule has 2 rings (SSSR count). The molecule has 2 unspecified atom stereocenters. The summed E-state index contributed by atoms with van der Waals surface area (Å²) in [6.45, 7) is 8.78. The summed E-state index contributed by atoms with van der Waals surface area (Å²) < 4.78 is 5.77. The summed E-state index contributed by atoms with van der Waals surface area (Å²) in [5.41, 5.74) is 0. The average molecular weight is 235 g/mol. The third-order valence-electron chi connectivity index (χ3n) is 3.65. The van der Waals surface area contributed by atoms with E-state index < -0.39 is 0 Å². The van der Waals surface area contributed by atoms with Gasteiger partial charge in [-0.25, -0.2) is 0 Å². The Bertz CT molecular complexity index is 187. The molecule has 4 heteroatoms. The minimum absolute atomic E-state index is 0. The molecular weight excluding hydrogens is 212 g/mol. The van der Waals surface area contributed by atoms with Gasteiger partial charge in [0.05, 0.1) is 12.7 Å². The van der Waals surface area contributed by atoms with E-state index >= 15 is 0 Å². The molecule has 0 aliphatic carbocycles. The molecule has 2 fully saturated rings. The lowest BCUT2D eigenvalue weighted by molar-refractivity contribution is -0.0643. The van der Waals surface area contributed by atoms with E-state index in [0.29, 0.717) is 12.1 Å². The van der Waals surface area contributed by atoms with Crippen molar-refractivity contribution >= 4 is 12.4 Å². The lowest BCUT2D eigenvalue weighted by Crippen LogP contribution is -2.54. The second-order valence-electron chi connectivity index (χ2n) is 4.34. The molecule has 2 atom stereocenters. The number of nitrogens with one attached hydrogen (secondary N) is 1. The van der Waals surface area contributed by atoms with Gasteiger partial charge in [0.2, 0.25) is 0 Å². The number of nitrogens with zero attached hydrogens (tertiary/aromatic N) is 1. The summed E-state index contributed by atoms with van der Waals surface area (Å²) in [6.07, 6.45) is 2.98. The molecule has 0 saturated carbocycles. The van der Waals surface area contributed by atoms with Gasteiger partial charge in [-0.1, -0.05) is 13.8 Å². The summed E-state index contributed by atoms with van der Waals surface area (Å²) in [6, 6.07) is 1.39. The van der Waals surface area contributed by atoms with Gasteiger partial charge in [0.15, 0.2) is 0 Å². The van der Waals surface area contributed by atoms with Crippen molar-refractivity contribution in [1.29, 1.82) is 0 Å². The lowest BCUT2D eigenvalue weighted by atomic mass is 10.0. The van der Waals surface area contributed by atoms with Crippen LogP contribution >= 0.6 is 12.4 Å². The number of hydrogen-bond donors (Lipinski definition) is 1. The minimum Gasteiger partial charge on any atom is -0.374 e. The number of rotatable bonds is 3. The Morgan fingerprint density at radius 2 is 2.07 bits per heavy atom. The summed E-state index contributed by atoms with van der Waals surface area (Å²) in [5, 5.41) is 3.43. The Balaban J connectivity index is 0.00000112. The zero-order chi connectivity index (χ0) is 9.97. The quantitative estimate of drug-likeness (QED) is 0.796. The van der Waals surface area contributed by atoms with E-state index in [1.165, 1.54) is 12.8 Å². The normalized spacial score (nSPS) is 31.4. The molecule has 1 N–H and O–H groups in total. The van der Waals surface area contributed by atoms with Crippen molar-refractivity contribution in [3.63, 3.8) is 0 Å². The van der Waals surface area contributed by atoms with Crippen molar-refractivity contribution < 1.29 is 4.74 Å². The molecule has 0 aromatic heterocycles. The topological polar surface area (TPSA) is 24.5 Å². The van der Waals surface area contributed by atoms with Crippen LogP contribution in [0.1, 0.15) is 26.7 Å². The fourth-order valence-corrected chi connectivity index (χ4v) is 2.83. The maximum absolute atomic E-state index is 5.77. The highest BCUT2D eigenvalue weighted by Gasteiger charge is 2.37. The predicted molar refractivity (Wildman–Crippen MR) is 64.7 cm³/mol. The molecular formula is C11H23ClN2O. The molecule has 15 heavy (non-hydrogen) atoms. The van der Waals surface area contributed by atoms with Gasteiger partial charge in [-0.05, 0) is 12.8 Å². The molecule has 2 aliphatic rings. The summed E-state index contributed by atoms with van der Waals surface area (Å²) in [7, 11) is 0. The monoisotopic (exact) mass is 234 g/mol. The van der Waals surface area contributed by atoms with E-state index in [9.17, 15) is 0 Å². The molecule has 0 aromatic rings. The zero-order valence-electron chi connectivity index (χ0n) is 9.74. The fraction of sp³-hybridized carbons (Fsp3) is 1.00. The first-order valence-electron chi connectivity index (χ1n) is 5.94. The van der Waals surface area contributed by atoms with Gasteiger partial charge in [0, 0.05) is 31.7 Å². The molecule has 0 radical (unpaired) electrons. The summed E-state index contributed by atoms with van der Waals surface area (Å²) >= 11 is 0. The molecule has 2 aliphatic heterocycles.